The zero-order chi connectivity index (χ0) is 17.2. The monoisotopic (exact) mass is 333 g/mol. The van der Waals surface area contributed by atoms with Gasteiger partial charge in [-0.25, -0.2) is 8.42 Å². The minimum Gasteiger partial charge on any atom is -0.298 e. The van der Waals surface area contributed by atoms with Gasteiger partial charge in [0.25, 0.3) is 0 Å². The molecule has 1 heterocycles. The molecule has 0 radical (unpaired) electrons. The minimum atomic E-state index is -3.76. The second-order valence-electron chi connectivity index (χ2n) is 5.99. The van der Waals surface area contributed by atoms with Gasteiger partial charge in [0.1, 0.15) is 0 Å². The maximum absolute atomic E-state index is 13.1. The third-order valence-corrected chi connectivity index (χ3v) is 6.42. The Kier molecular flexibility index (Phi) is 5.22. The number of piperidine rings is 1. The van der Waals surface area contributed by atoms with Crippen molar-refractivity contribution in [2.24, 2.45) is 5.92 Å². The summed E-state index contributed by atoms with van der Waals surface area (Å²) in [4.78, 5) is 12.5. The number of Topliss-reactive ketones (excluding diaryl/α,β-unsaturated/α-hetero) is 1. The maximum atomic E-state index is 13.1. The van der Waals surface area contributed by atoms with E-state index in [-0.39, 0.29) is 22.6 Å². The summed E-state index contributed by atoms with van der Waals surface area (Å²) in [6.45, 7) is 11.1. The first-order chi connectivity index (χ1) is 10.8. The van der Waals surface area contributed by atoms with E-state index in [1.165, 1.54) is 4.31 Å². The van der Waals surface area contributed by atoms with E-state index in [2.05, 4.69) is 13.2 Å². The third-order valence-electron chi connectivity index (χ3n) is 4.41. The van der Waals surface area contributed by atoms with E-state index in [1.807, 2.05) is 6.92 Å². The molecule has 0 bridgehead atoms. The van der Waals surface area contributed by atoms with Gasteiger partial charge in [0.2, 0.25) is 10.0 Å². The molecule has 1 saturated heterocycles. The fourth-order valence-electron chi connectivity index (χ4n) is 3.06. The van der Waals surface area contributed by atoms with Crippen LogP contribution in [0.3, 0.4) is 0 Å². The van der Waals surface area contributed by atoms with Crippen molar-refractivity contribution in [3.8, 4) is 0 Å². The van der Waals surface area contributed by atoms with Crippen molar-refractivity contribution < 1.29 is 13.2 Å². The Morgan fingerprint density at radius 1 is 1.26 bits per heavy atom. The van der Waals surface area contributed by atoms with Crippen LogP contribution < -0.4 is 0 Å². The number of rotatable bonds is 5. The Hall–Kier alpha value is -1.72. The molecular weight excluding hydrogens is 310 g/mol. The van der Waals surface area contributed by atoms with Crippen molar-refractivity contribution in [1.82, 2.24) is 4.31 Å². The quantitative estimate of drug-likeness (QED) is 0.778. The highest BCUT2D eigenvalue weighted by Gasteiger charge is 2.44. The molecule has 0 saturated carbocycles. The lowest BCUT2D eigenvalue weighted by molar-refractivity contribution is -0.126. The molecule has 1 aliphatic heterocycles. The first kappa shape index (κ1) is 17.6. The number of sulfonamides is 1. The molecule has 1 fully saturated rings. The SMILES string of the molecule is C=CC[C@@H]1[C@@H](C=C)CC(=O)[C@H](C)N1S(=O)(=O)c1ccc(C)cc1. The number of ketones is 1. The number of nitrogens with zero attached hydrogens (tertiary/aromatic N) is 1. The fraction of sp³-hybridized carbons (Fsp3) is 0.389. The van der Waals surface area contributed by atoms with Gasteiger partial charge in [0, 0.05) is 18.4 Å². The lowest BCUT2D eigenvalue weighted by Gasteiger charge is -2.42. The molecule has 1 aliphatic rings. The van der Waals surface area contributed by atoms with E-state index in [1.54, 1.807) is 43.3 Å². The summed E-state index contributed by atoms with van der Waals surface area (Å²) in [6.07, 6.45) is 4.18. The number of hydrogen-bond donors (Lipinski definition) is 0. The molecule has 2 rings (SSSR count). The zero-order valence-electron chi connectivity index (χ0n) is 13.6. The molecule has 1 aromatic carbocycles. The van der Waals surface area contributed by atoms with Crippen LogP contribution in [0, 0.1) is 12.8 Å². The second-order valence-corrected chi connectivity index (χ2v) is 7.83. The van der Waals surface area contributed by atoms with Gasteiger partial charge in [-0.1, -0.05) is 29.8 Å². The van der Waals surface area contributed by atoms with Gasteiger partial charge in [-0.2, -0.15) is 4.31 Å². The Balaban J connectivity index is 2.53. The molecular formula is C18H23NO3S. The average molecular weight is 333 g/mol. The normalized spacial score (nSPS) is 26.0. The van der Waals surface area contributed by atoms with Crippen LogP contribution in [0.25, 0.3) is 0 Å². The molecule has 124 valence electrons. The van der Waals surface area contributed by atoms with Crippen LogP contribution in [0.4, 0.5) is 0 Å². The summed E-state index contributed by atoms with van der Waals surface area (Å²) in [6, 6.07) is 5.69. The number of hydrogen-bond acceptors (Lipinski definition) is 3. The van der Waals surface area contributed by atoms with Crippen molar-refractivity contribution in [3.05, 3.63) is 55.1 Å². The van der Waals surface area contributed by atoms with Crippen LogP contribution in [0.15, 0.2) is 54.5 Å². The summed E-state index contributed by atoms with van der Waals surface area (Å²) in [7, 11) is -3.76. The highest BCUT2D eigenvalue weighted by molar-refractivity contribution is 7.89. The summed E-state index contributed by atoms with van der Waals surface area (Å²) in [5.74, 6) is -0.275. The molecule has 0 aliphatic carbocycles. The third kappa shape index (κ3) is 3.31. The van der Waals surface area contributed by atoms with Crippen LogP contribution in [0.1, 0.15) is 25.3 Å². The Morgan fingerprint density at radius 3 is 2.39 bits per heavy atom. The zero-order valence-corrected chi connectivity index (χ0v) is 14.4. The number of aryl methyl sites for hydroxylation is 1. The molecule has 0 amide bonds. The van der Waals surface area contributed by atoms with Crippen molar-refractivity contribution in [1.29, 1.82) is 0 Å². The highest BCUT2D eigenvalue weighted by Crippen LogP contribution is 2.34. The van der Waals surface area contributed by atoms with E-state index in [0.29, 0.717) is 12.8 Å². The van der Waals surface area contributed by atoms with Gasteiger partial charge in [0.05, 0.1) is 10.9 Å². The first-order valence-electron chi connectivity index (χ1n) is 7.69. The predicted octanol–water partition coefficient (Wildman–Crippen LogP) is 3.09. The van der Waals surface area contributed by atoms with E-state index >= 15 is 0 Å². The first-order valence-corrected chi connectivity index (χ1v) is 9.13. The lowest BCUT2D eigenvalue weighted by Crippen LogP contribution is -2.56. The van der Waals surface area contributed by atoms with Crippen LogP contribution in [0.5, 0.6) is 0 Å². The van der Waals surface area contributed by atoms with Gasteiger partial charge in [0.15, 0.2) is 5.78 Å². The molecule has 3 atom stereocenters. The Labute approximate surface area is 138 Å². The van der Waals surface area contributed by atoms with Gasteiger partial charge < -0.3 is 0 Å². The van der Waals surface area contributed by atoms with Crippen LogP contribution in [0.2, 0.25) is 0 Å². The molecule has 23 heavy (non-hydrogen) atoms. The average Bonchev–Trinajstić information content (AvgIpc) is 2.51. The minimum absolute atomic E-state index is 0.0779. The van der Waals surface area contributed by atoms with Gasteiger partial charge in [-0.05, 0) is 32.4 Å². The molecule has 0 unspecified atom stereocenters. The van der Waals surface area contributed by atoms with Gasteiger partial charge in [-0.3, -0.25) is 4.79 Å². The maximum Gasteiger partial charge on any atom is 0.244 e. The van der Waals surface area contributed by atoms with Crippen LogP contribution in [-0.2, 0) is 14.8 Å². The molecule has 1 aromatic rings. The van der Waals surface area contributed by atoms with Crippen LogP contribution >= 0.6 is 0 Å². The van der Waals surface area contributed by atoms with Crippen molar-refractivity contribution >= 4 is 15.8 Å². The molecule has 5 heteroatoms. The van der Waals surface area contributed by atoms with E-state index in [0.717, 1.165) is 5.56 Å². The topological polar surface area (TPSA) is 54.5 Å². The van der Waals surface area contributed by atoms with E-state index < -0.39 is 16.1 Å². The van der Waals surface area contributed by atoms with Gasteiger partial charge in [-0.15, -0.1) is 13.2 Å². The summed E-state index contributed by atoms with van der Waals surface area (Å²) in [5.41, 5.74) is 0.985. The second kappa shape index (κ2) is 6.81. The number of carbonyl (C=O) groups excluding carboxylic acids is 1. The van der Waals surface area contributed by atoms with Crippen molar-refractivity contribution in [3.63, 3.8) is 0 Å². The highest BCUT2D eigenvalue weighted by atomic mass is 32.2. The van der Waals surface area contributed by atoms with Crippen molar-refractivity contribution in [2.75, 3.05) is 0 Å². The fourth-order valence-corrected chi connectivity index (χ4v) is 4.92. The summed E-state index contributed by atoms with van der Waals surface area (Å²) < 4.78 is 27.6. The Morgan fingerprint density at radius 2 is 1.87 bits per heavy atom. The summed E-state index contributed by atoms with van der Waals surface area (Å²) in [5, 5.41) is 0. The largest absolute Gasteiger partial charge is 0.298 e. The molecule has 0 N–H and O–H groups in total. The predicted molar refractivity (Wildman–Crippen MR) is 91.6 cm³/mol. The summed E-state index contributed by atoms with van der Waals surface area (Å²) >= 11 is 0. The standard InChI is InChI=1S/C18H23NO3S/c1-5-7-17-15(6-2)12-18(20)14(4)19(17)23(21,22)16-10-8-13(3)9-11-16/h5-6,8-11,14-15,17H,1-2,7,12H2,3-4H3/t14-,15-,17+/m0/s1. The molecule has 0 aromatic heterocycles. The van der Waals surface area contributed by atoms with E-state index in [4.69, 9.17) is 0 Å². The van der Waals surface area contributed by atoms with Gasteiger partial charge >= 0.3 is 0 Å². The lowest BCUT2D eigenvalue weighted by atomic mass is 9.85. The number of carbonyl (C=O) groups is 1. The Bertz CT molecular complexity index is 706. The molecule has 0 spiro atoms. The van der Waals surface area contributed by atoms with E-state index in [9.17, 15) is 13.2 Å². The van der Waals surface area contributed by atoms with Crippen LogP contribution in [-0.4, -0.2) is 30.6 Å². The molecule has 4 nitrogen and oxygen atoms in total. The smallest absolute Gasteiger partial charge is 0.244 e. The van der Waals surface area contributed by atoms with Crippen molar-refractivity contribution in [2.45, 2.75) is 43.7 Å². The number of benzene rings is 1.